The molecule has 9 heteroatoms. The van der Waals surface area contributed by atoms with Crippen LogP contribution in [0.1, 0.15) is 30.1 Å². The Hall–Kier alpha value is -2.19. The van der Waals surface area contributed by atoms with Crippen molar-refractivity contribution in [3.63, 3.8) is 0 Å². The first-order valence-corrected chi connectivity index (χ1v) is 7.41. The molecular formula is C16H21ClF2N4O2. The fourth-order valence-corrected chi connectivity index (χ4v) is 2.36. The molecule has 0 bridgehead atoms. The summed E-state index contributed by atoms with van der Waals surface area (Å²) >= 11 is 0. The van der Waals surface area contributed by atoms with E-state index < -0.39 is 12.7 Å². The zero-order chi connectivity index (χ0) is 17.7. The maximum absolute atomic E-state index is 12.4. The fourth-order valence-electron chi connectivity index (χ4n) is 2.36. The van der Waals surface area contributed by atoms with Crippen LogP contribution in [0.4, 0.5) is 8.78 Å². The number of likely N-dealkylation sites (N-methyl/N-ethyl adjacent to an activating group) is 1. The summed E-state index contributed by atoms with van der Waals surface area (Å²) in [5.41, 5.74) is 1.54. The molecule has 2 rings (SSSR count). The van der Waals surface area contributed by atoms with Crippen molar-refractivity contribution in [2.75, 3.05) is 7.05 Å². The van der Waals surface area contributed by atoms with Gasteiger partial charge in [0.25, 0.3) is 0 Å². The highest BCUT2D eigenvalue weighted by Gasteiger charge is 2.22. The van der Waals surface area contributed by atoms with Gasteiger partial charge in [-0.25, -0.2) is 0 Å². The van der Waals surface area contributed by atoms with Crippen molar-refractivity contribution in [3.05, 3.63) is 47.8 Å². The van der Waals surface area contributed by atoms with Crippen LogP contribution in [-0.2, 0) is 11.8 Å². The maximum Gasteiger partial charge on any atom is 0.387 e. The third-order valence-corrected chi connectivity index (χ3v) is 3.57. The number of hydrogen-bond acceptors (Lipinski definition) is 4. The molecule has 1 aromatic heterocycles. The van der Waals surface area contributed by atoms with E-state index in [1.54, 1.807) is 43.3 Å². The summed E-state index contributed by atoms with van der Waals surface area (Å²) in [6.07, 6.45) is 3.39. The van der Waals surface area contributed by atoms with Gasteiger partial charge < -0.3 is 15.4 Å². The predicted octanol–water partition coefficient (Wildman–Crippen LogP) is 2.58. The van der Waals surface area contributed by atoms with Crippen LogP contribution in [0.15, 0.2) is 36.7 Å². The largest absolute Gasteiger partial charge is 0.435 e. The third kappa shape index (κ3) is 5.68. The number of hydrogen-bond donors (Lipinski definition) is 2. The van der Waals surface area contributed by atoms with E-state index in [9.17, 15) is 13.6 Å². The first-order chi connectivity index (χ1) is 11.4. The average molecular weight is 375 g/mol. The Labute approximate surface area is 151 Å². The van der Waals surface area contributed by atoms with E-state index in [0.29, 0.717) is 0 Å². The summed E-state index contributed by atoms with van der Waals surface area (Å²) < 4.78 is 30.2. The predicted molar refractivity (Wildman–Crippen MR) is 91.9 cm³/mol. The Morgan fingerprint density at radius 3 is 2.36 bits per heavy atom. The maximum atomic E-state index is 12.4. The van der Waals surface area contributed by atoms with Crippen molar-refractivity contribution in [1.29, 1.82) is 0 Å². The van der Waals surface area contributed by atoms with E-state index in [4.69, 9.17) is 0 Å². The highest BCUT2D eigenvalue weighted by Crippen LogP contribution is 2.20. The second kappa shape index (κ2) is 9.33. The van der Waals surface area contributed by atoms with Crippen LogP contribution in [0.3, 0.4) is 0 Å². The van der Waals surface area contributed by atoms with E-state index in [1.807, 2.05) is 6.92 Å². The van der Waals surface area contributed by atoms with Gasteiger partial charge in [-0.05, 0) is 31.7 Å². The average Bonchev–Trinajstić information content (AvgIpc) is 2.94. The summed E-state index contributed by atoms with van der Waals surface area (Å²) in [6.45, 7) is -1.04. The molecule has 1 heterocycles. The van der Waals surface area contributed by atoms with E-state index in [1.165, 1.54) is 12.1 Å². The number of carbonyl (C=O) groups excluding carboxylic acids is 1. The van der Waals surface area contributed by atoms with E-state index >= 15 is 0 Å². The molecule has 0 saturated heterocycles. The molecule has 0 spiro atoms. The molecule has 138 valence electrons. The number of carbonyl (C=O) groups is 1. The van der Waals surface area contributed by atoms with Crippen LogP contribution in [0.5, 0.6) is 5.75 Å². The molecule has 6 nitrogen and oxygen atoms in total. The van der Waals surface area contributed by atoms with Gasteiger partial charge in [-0.1, -0.05) is 12.1 Å². The molecule has 0 aliphatic carbocycles. The molecule has 1 amide bonds. The lowest BCUT2D eigenvalue weighted by Gasteiger charge is -2.19. The zero-order valence-corrected chi connectivity index (χ0v) is 14.9. The lowest BCUT2D eigenvalue weighted by Crippen LogP contribution is -2.37. The smallest absolute Gasteiger partial charge is 0.387 e. The Kier molecular flexibility index (Phi) is 7.79. The van der Waals surface area contributed by atoms with Gasteiger partial charge in [-0.2, -0.15) is 13.9 Å². The highest BCUT2D eigenvalue weighted by atomic mass is 35.5. The van der Waals surface area contributed by atoms with Gasteiger partial charge in [0.2, 0.25) is 5.91 Å². The van der Waals surface area contributed by atoms with Crippen LogP contribution in [0.25, 0.3) is 0 Å². The molecule has 2 unspecified atom stereocenters. The highest BCUT2D eigenvalue weighted by molar-refractivity contribution is 5.85. The van der Waals surface area contributed by atoms with Crippen LogP contribution in [0, 0.1) is 0 Å². The van der Waals surface area contributed by atoms with Crippen molar-refractivity contribution in [1.82, 2.24) is 20.4 Å². The van der Waals surface area contributed by atoms with Gasteiger partial charge in [0.1, 0.15) is 11.8 Å². The molecule has 1 aromatic carbocycles. The van der Waals surface area contributed by atoms with Crippen LogP contribution < -0.4 is 15.4 Å². The monoisotopic (exact) mass is 374 g/mol. The van der Waals surface area contributed by atoms with Gasteiger partial charge in [-0.15, -0.1) is 12.4 Å². The van der Waals surface area contributed by atoms with E-state index in [0.717, 1.165) is 11.1 Å². The third-order valence-electron chi connectivity index (χ3n) is 3.57. The van der Waals surface area contributed by atoms with Gasteiger partial charge >= 0.3 is 6.61 Å². The van der Waals surface area contributed by atoms with Gasteiger partial charge in [0, 0.05) is 18.8 Å². The summed E-state index contributed by atoms with van der Waals surface area (Å²) in [5.74, 6) is -0.123. The normalized spacial score (nSPS) is 13.0. The van der Waals surface area contributed by atoms with E-state index in [2.05, 4.69) is 20.5 Å². The zero-order valence-electron chi connectivity index (χ0n) is 14.1. The molecule has 2 aromatic rings. The Morgan fingerprint density at radius 2 is 1.88 bits per heavy atom. The quantitative estimate of drug-likeness (QED) is 0.781. The number of nitrogens with one attached hydrogen (secondary N) is 2. The Bertz CT molecular complexity index is 679. The van der Waals surface area contributed by atoms with Gasteiger partial charge in [-0.3, -0.25) is 9.48 Å². The van der Waals surface area contributed by atoms with Crippen molar-refractivity contribution in [2.45, 2.75) is 25.6 Å². The Balaban J connectivity index is 0.00000312. The number of alkyl halides is 2. The van der Waals surface area contributed by atoms with Crippen molar-refractivity contribution in [3.8, 4) is 5.75 Å². The summed E-state index contributed by atoms with van der Waals surface area (Å²) in [4.78, 5) is 12.4. The molecule has 0 aliphatic rings. The second-order valence-electron chi connectivity index (χ2n) is 5.35. The van der Waals surface area contributed by atoms with Crippen molar-refractivity contribution >= 4 is 18.3 Å². The molecule has 0 aliphatic heterocycles. The standard InChI is InChI=1S/C16H20F2N4O2.ClH/c1-10(11-4-6-13(7-5-11)24-16(17)18)21-15(23)14(19-2)12-8-20-22(3)9-12;/h4-10,14,16,19H,1-3H3,(H,21,23);1H. The van der Waals surface area contributed by atoms with E-state index in [-0.39, 0.29) is 30.1 Å². The number of aryl methyl sites for hydroxylation is 1. The summed E-state index contributed by atoms with van der Waals surface area (Å²) in [5, 5.41) is 9.90. The lowest BCUT2D eigenvalue weighted by atomic mass is 10.1. The molecule has 25 heavy (non-hydrogen) atoms. The van der Waals surface area contributed by atoms with Gasteiger partial charge in [0.05, 0.1) is 12.2 Å². The topological polar surface area (TPSA) is 68.2 Å². The molecule has 0 saturated carbocycles. The van der Waals surface area contributed by atoms with Crippen molar-refractivity contribution < 1.29 is 18.3 Å². The Morgan fingerprint density at radius 1 is 1.24 bits per heavy atom. The molecular weight excluding hydrogens is 354 g/mol. The van der Waals surface area contributed by atoms with Crippen molar-refractivity contribution in [2.24, 2.45) is 7.05 Å². The number of benzene rings is 1. The molecule has 2 atom stereocenters. The number of halogens is 3. The number of aromatic nitrogens is 2. The molecule has 2 N–H and O–H groups in total. The minimum Gasteiger partial charge on any atom is -0.435 e. The van der Waals surface area contributed by atoms with Crippen LogP contribution in [-0.4, -0.2) is 29.3 Å². The fraction of sp³-hybridized carbons (Fsp3) is 0.375. The van der Waals surface area contributed by atoms with Crippen LogP contribution >= 0.6 is 12.4 Å². The summed E-state index contributed by atoms with van der Waals surface area (Å²) in [7, 11) is 3.47. The number of rotatable bonds is 7. The summed E-state index contributed by atoms with van der Waals surface area (Å²) in [6, 6.07) is 5.36. The lowest BCUT2D eigenvalue weighted by molar-refractivity contribution is -0.123. The SMILES string of the molecule is CNC(C(=O)NC(C)c1ccc(OC(F)F)cc1)c1cnn(C)c1.Cl. The minimum absolute atomic E-state index is 0. The number of ether oxygens (including phenoxy) is 1. The molecule has 0 fully saturated rings. The molecule has 0 radical (unpaired) electrons. The first kappa shape index (κ1) is 20.9. The number of nitrogens with zero attached hydrogens (tertiary/aromatic N) is 2. The number of amides is 1. The first-order valence-electron chi connectivity index (χ1n) is 7.41. The minimum atomic E-state index is -2.86. The van der Waals surface area contributed by atoms with Gasteiger partial charge in [0.15, 0.2) is 0 Å². The van der Waals surface area contributed by atoms with Crippen LogP contribution in [0.2, 0.25) is 0 Å². The second-order valence-corrected chi connectivity index (χ2v) is 5.35.